The highest BCUT2D eigenvalue weighted by Crippen LogP contribution is 2.16. The third kappa shape index (κ3) is 3.76. The number of anilines is 2. The first-order valence-corrected chi connectivity index (χ1v) is 6.38. The number of nitrogens with one attached hydrogen (secondary N) is 1. The van der Waals surface area contributed by atoms with Gasteiger partial charge in [-0.25, -0.2) is 0 Å². The van der Waals surface area contributed by atoms with E-state index in [4.69, 9.17) is 11.5 Å². The van der Waals surface area contributed by atoms with E-state index < -0.39 is 5.91 Å². The Bertz CT molecular complexity index is 582. The first-order valence-electron chi connectivity index (χ1n) is 6.38. The van der Waals surface area contributed by atoms with E-state index in [1.165, 1.54) is 11.6 Å². The molecule has 0 saturated heterocycles. The third-order valence-electron chi connectivity index (χ3n) is 2.79. The summed E-state index contributed by atoms with van der Waals surface area (Å²) in [5.41, 5.74) is 12.9. The molecule has 6 heteroatoms. The predicted octanol–water partition coefficient (Wildman–Crippen LogP) is 1.21. The molecular formula is C14H17N5O. The van der Waals surface area contributed by atoms with Crippen LogP contribution in [0, 0.1) is 0 Å². The molecule has 1 amide bonds. The van der Waals surface area contributed by atoms with Gasteiger partial charge in [-0.3, -0.25) is 4.79 Å². The number of nitrogens with two attached hydrogens (primary N) is 2. The number of hydrogen-bond acceptors (Lipinski definition) is 5. The molecule has 0 fully saturated rings. The fourth-order valence-corrected chi connectivity index (χ4v) is 1.79. The molecule has 2 aromatic rings. The second-order valence-electron chi connectivity index (χ2n) is 4.39. The van der Waals surface area contributed by atoms with E-state index in [1.807, 2.05) is 18.2 Å². The number of rotatable bonds is 6. The lowest BCUT2D eigenvalue weighted by Crippen LogP contribution is -2.13. The van der Waals surface area contributed by atoms with Crippen molar-refractivity contribution in [1.82, 2.24) is 10.2 Å². The molecule has 0 radical (unpaired) electrons. The lowest BCUT2D eigenvalue weighted by molar-refractivity contribution is 0.0994. The van der Waals surface area contributed by atoms with Gasteiger partial charge in [-0.1, -0.05) is 12.1 Å². The van der Waals surface area contributed by atoms with Crippen LogP contribution >= 0.6 is 0 Å². The SMILES string of the molecule is NCCCc1cccc(Nc2ccc(C(N)=O)nn2)c1. The summed E-state index contributed by atoms with van der Waals surface area (Å²) in [6.07, 6.45) is 1.90. The molecule has 0 aliphatic heterocycles. The largest absolute Gasteiger partial charge is 0.364 e. The van der Waals surface area contributed by atoms with Crippen molar-refractivity contribution >= 4 is 17.4 Å². The van der Waals surface area contributed by atoms with Crippen LogP contribution in [-0.4, -0.2) is 22.6 Å². The summed E-state index contributed by atoms with van der Waals surface area (Å²) in [6, 6.07) is 11.2. The molecule has 0 aliphatic carbocycles. The molecule has 20 heavy (non-hydrogen) atoms. The Morgan fingerprint density at radius 2 is 2.05 bits per heavy atom. The molecule has 0 atom stereocenters. The van der Waals surface area contributed by atoms with Gasteiger partial charge in [0.1, 0.15) is 0 Å². The predicted molar refractivity (Wildman–Crippen MR) is 77.7 cm³/mol. The van der Waals surface area contributed by atoms with Crippen LogP contribution in [0.15, 0.2) is 36.4 Å². The summed E-state index contributed by atoms with van der Waals surface area (Å²) in [6.45, 7) is 0.678. The highest BCUT2D eigenvalue weighted by atomic mass is 16.1. The van der Waals surface area contributed by atoms with Gasteiger partial charge in [0.05, 0.1) is 0 Å². The van der Waals surface area contributed by atoms with Gasteiger partial charge in [0.2, 0.25) is 0 Å². The van der Waals surface area contributed by atoms with Crippen molar-refractivity contribution in [2.75, 3.05) is 11.9 Å². The molecular weight excluding hydrogens is 254 g/mol. The number of aromatic nitrogens is 2. The van der Waals surface area contributed by atoms with E-state index in [0.717, 1.165) is 18.5 Å². The van der Waals surface area contributed by atoms with Crippen LogP contribution in [0.25, 0.3) is 0 Å². The van der Waals surface area contributed by atoms with Gasteiger partial charge in [-0.05, 0) is 49.2 Å². The number of carbonyl (C=O) groups is 1. The summed E-state index contributed by atoms with van der Waals surface area (Å²) in [7, 11) is 0. The average molecular weight is 271 g/mol. The molecule has 0 aliphatic rings. The monoisotopic (exact) mass is 271 g/mol. The van der Waals surface area contributed by atoms with Crippen LogP contribution in [0.2, 0.25) is 0 Å². The Morgan fingerprint density at radius 3 is 2.70 bits per heavy atom. The summed E-state index contributed by atoms with van der Waals surface area (Å²) in [5.74, 6) is -0.0289. The number of carbonyl (C=O) groups excluding carboxylic acids is 1. The summed E-state index contributed by atoms with van der Waals surface area (Å²) >= 11 is 0. The molecule has 5 N–H and O–H groups in total. The molecule has 1 aromatic heterocycles. The maximum Gasteiger partial charge on any atom is 0.269 e. The van der Waals surface area contributed by atoms with Crippen molar-refractivity contribution in [3.05, 3.63) is 47.7 Å². The van der Waals surface area contributed by atoms with Gasteiger partial charge >= 0.3 is 0 Å². The minimum atomic E-state index is -0.590. The number of amides is 1. The molecule has 0 unspecified atom stereocenters. The van der Waals surface area contributed by atoms with Gasteiger partial charge in [0.25, 0.3) is 5.91 Å². The lowest BCUT2D eigenvalue weighted by Gasteiger charge is -2.07. The highest BCUT2D eigenvalue weighted by molar-refractivity contribution is 5.90. The zero-order valence-electron chi connectivity index (χ0n) is 11.0. The van der Waals surface area contributed by atoms with Crippen molar-refractivity contribution < 1.29 is 4.79 Å². The topological polar surface area (TPSA) is 107 Å². The average Bonchev–Trinajstić information content (AvgIpc) is 2.46. The van der Waals surface area contributed by atoms with Gasteiger partial charge in [-0.2, -0.15) is 0 Å². The zero-order chi connectivity index (χ0) is 14.4. The molecule has 104 valence electrons. The smallest absolute Gasteiger partial charge is 0.269 e. The molecule has 1 heterocycles. The van der Waals surface area contributed by atoms with Crippen LogP contribution in [-0.2, 0) is 6.42 Å². The minimum Gasteiger partial charge on any atom is -0.364 e. The summed E-state index contributed by atoms with van der Waals surface area (Å²) in [4.78, 5) is 10.9. The van der Waals surface area contributed by atoms with Crippen molar-refractivity contribution in [3.63, 3.8) is 0 Å². The Morgan fingerprint density at radius 1 is 1.20 bits per heavy atom. The van der Waals surface area contributed by atoms with Gasteiger partial charge in [0.15, 0.2) is 11.5 Å². The van der Waals surface area contributed by atoms with E-state index in [1.54, 1.807) is 6.07 Å². The number of benzene rings is 1. The standard InChI is InChI=1S/C14H17N5O/c15-8-2-4-10-3-1-5-11(9-10)17-13-7-6-12(14(16)20)18-19-13/h1,3,5-7,9H,2,4,8,15H2,(H2,16,20)(H,17,19). The number of aryl methyl sites for hydroxylation is 1. The zero-order valence-corrected chi connectivity index (χ0v) is 11.0. The van der Waals surface area contributed by atoms with Crippen LogP contribution in [0.1, 0.15) is 22.5 Å². The Balaban J connectivity index is 2.07. The highest BCUT2D eigenvalue weighted by Gasteiger charge is 2.03. The van der Waals surface area contributed by atoms with Crippen molar-refractivity contribution in [2.45, 2.75) is 12.8 Å². The van der Waals surface area contributed by atoms with Gasteiger partial charge < -0.3 is 16.8 Å². The fraction of sp³-hybridized carbons (Fsp3) is 0.214. The maximum absolute atomic E-state index is 10.9. The molecule has 1 aromatic carbocycles. The second-order valence-corrected chi connectivity index (χ2v) is 4.39. The van der Waals surface area contributed by atoms with Crippen LogP contribution in [0.3, 0.4) is 0 Å². The summed E-state index contributed by atoms with van der Waals surface area (Å²) in [5, 5.41) is 10.8. The third-order valence-corrected chi connectivity index (χ3v) is 2.79. The van der Waals surface area contributed by atoms with Crippen LogP contribution in [0.4, 0.5) is 11.5 Å². The van der Waals surface area contributed by atoms with E-state index in [0.29, 0.717) is 12.4 Å². The lowest BCUT2D eigenvalue weighted by atomic mass is 10.1. The van der Waals surface area contributed by atoms with E-state index in [2.05, 4.69) is 21.6 Å². The quantitative estimate of drug-likeness (QED) is 0.732. The Kier molecular flexibility index (Phi) is 4.62. The first-order chi connectivity index (χ1) is 9.69. The maximum atomic E-state index is 10.9. The van der Waals surface area contributed by atoms with E-state index in [-0.39, 0.29) is 5.69 Å². The number of primary amides is 1. The minimum absolute atomic E-state index is 0.146. The van der Waals surface area contributed by atoms with Crippen molar-refractivity contribution in [1.29, 1.82) is 0 Å². The van der Waals surface area contributed by atoms with Crippen LogP contribution in [0.5, 0.6) is 0 Å². The second kappa shape index (κ2) is 6.63. The number of hydrogen-bond donors (Lipinski definition) is 3. The van der Waals surface area contributed by atoms with Crippen LogP contribution < -0.4 is 16.8 Å². The Hall–Kier alpha value is -2.47. The van der Waals surface area contributed by atoms with Gasteiger partial charge in [-0.15, -0.1) is 10.2 Å². The van der Waals surface area contributed by atoms with E-state index >= 15 is 0 Å². The first kappa shape index (κ1) is 14.0. The van der Waals surface area contributed by atoms with E-state index in [9.17, 15) is 4.79 Å². The normalized spacial score (nSPS) is 10.2. The fourth-order valence-electron chi connectivity index (χ4n) is 1.79. The molecule has 0 spiro atoms. The molecule has 6 nitrogen and oxygen atoms in total. The van der Waals surface area contributed by atoms with Gasteiger partial charge in [0, 0.05) is 5.69 Å². The Labute approximate surface area is 117 Å². The molecule has 0 bridgehead atoms. The summed E-state index contributed by atoms with van der Waals surface area (Å²) < 4.78 is 0. The molecule has 0 saturated carbocycles. The molecule has 2 rings (SSSR count). The number of nitrogens with zero attached hydrogens (tertiary/aromatic N) is 2. The van der Waals surface area contributed by atoms with Crippen molar-refractivity contribution in [2.24, 2.45) is 11.5 Å². The van der Waals surface area contributed by atoms with Crippen molar-refractivity contribution in [3.8, 4) is 0 Å².